The lowest BCUT2D eigenvalue weighted by atomic mass is 10.1. The molecule has 0 aliphatic carbocycles. The van der Waals surface area contributed by atoms with Gasteiger partial charge in [-0.1, -0.05) is 30.3 Å². The molecule has 1 unspecified atom stereocenters. The fraction of sp³-hybridized carbons (Fsp3) is 0.348. The summed E-state index contributed by atoms with van der Waals surface area (Å²) in [5.41, 5.74) is 3.03. The normalized spacial score (nSPS) is 16.3. The van der Waals surface area contributed by atoms with Crippen molar-refractivity contribution in [3.8, 4) is 5.75 Å². The number of nitrogens with zero attached hydrogens (tertiary/aromatic N) is 4. The second kappa shape index (κ2) is 9.34. The summed E-state index contributed by atoms with van der Waals surface area (Å²) in [5.74, 6) is 1.64. The molecule has 2 heterocycles. The fourth-order valence-electron chi connectivity index (χ4n) is 3.74. The van der Waals surface area contributed by atoms with E-state index in [1.54, 1.807) is 7.11 Å². The van der Waals surface area contributed by atoms with Crippen molar-refractivity contribution in [2.45, 2.75) is 26.3 Å². The van der Waals surface area contributed by atoms with Gasteiger partial charge < -0.3 is 19.9 Å². The Morgan fingerprint density at radius 3 is 2.84 bits per heavy atom. The topological polar surface area (TPSA) is 70.6 Å². The maximum absolute atomic E-state index is 12.8. The highest BCUT2D eigenvalue weighted by atomic mass is 32.1. The van der Waals surface area contributed by atoms with Crippen molar-refractivity contribution < 1.29 is 9.53 Å². The number of ether oxygens (including phenoxy) is 1. The lowest BCUT2D eigenvalue weighted by Gasteiger charge is -2.39. The van der Waals surface area contributed by atoms with E-state index in [2.05, 4.69) is 27.6 Å². The van der Waals surface area contributed by atoms with Crippen LogP contribution in [0.4, 0.5) is 15.6 Å². The number of methoxy groups -OCH3 is 1. The van der Waals surface area contributed by atoms with E-state index in [4.69, 9.17) is 9.72 Å². The molecule has 0 spiro atoms. The highest BCUT2D eigenvalue weighted by Crippen LogP contribution is 2.24. The molecule has 1 aromatic heterocycles. The monoisotopic (exact) mass is 437 g/mol. The first-order valence-electron chi connectivity index (χ1n) is 10.4. The molecular formula is C23H27N5O2S. The Kier molecular flexibility index (Phi) is 6.36. The van der Waals surface area contributed by atoms with Gasteiger partial charge in [-0.2, -0.15) is 4.37 Å². The van der Waals surface area contributed by atoms with Gasteiger partial charge in [0.25, 0.3) is 0 Å². The molecule has 2 aromatic carbocycles. The smallest absolute Gasteiger partial charge is 0.322 e. The van der Waals surface area contributed by atoms with Crippen LogP contribution in [0.5, 0.6) is 5.75 Å². The van der Waals surface area contributed by atoms with E-state index < -0.39 is 0 Å². The van der Waals surface area contributed by atoms with Gasteiger partial charge in [0.1, 0.15) is 11.6 Å². The zero-order chi connectivity index (χ0) is 21.8. The molecule has 0 bridgehead atoms. The van der Waals surface area contributed by atoms with E-state index in [1.807, 2.05) is 54.3 Å². The van der Waals surface area contributed by atoms with Gasteiger partial charge in [-0.25, -0.2) is 9.78 Å². The average Bonchev–Trinajstić information content (AvgIpc) is 3.23. The molecular weight excluding hydrogens is 410 g/mol. The highest BCUT2D eigenvalue weighted by molar-refractivity contribution is 7.09. The zero-order valence-electron chi connectivity index (χ0n) is 18.0. The minimum Gasteiger partial charge on any atom is -0.497 e. The maximum Gasteiger partial charge on any atom is 0.322 e. The number of urea groups is 1. The predicted octanol–water partition coefficient (Wildman–Crippen LogP) is 4.19. The summed E-state index contributed by atoms with van der Waals surface area (Å²) >= 11 is 1.42. The zero-order valence-corrected chi connectivity index (χ0v) is 18.9. The number of nitrogens with one attached hydrogen (secondary N) is 1. The van der Waals surface area contributed by atoms with E-state index in [0.29, 0.717) is 13.0 Å². The molecule has 8 heteroatoms. The first-order chi connectivity index (χ1) is 15.0. The Hall–Kier alpha value is -3.13. The molecule has 1 aliphatic rings. The number of hydrogen-bond donors (Lipinski definition) is 1. The quantitative estimate of drug-likeness (QED) is 0.648. The standard InChI is InChI=1S/C23H27N5O2S/c1-16-7-4-5-10-20(16)24-22(29)28-12-11-27(15-17(28)2)23-25-21(26-31-23)14-18-8-6-9-19(13-18)30-3/h4-10,13,17H,11-12,14-15H2,1-3H3,(H,24,29). The van der Waals surface area contributed by atoms with Crippen LogP contribution in [0, 0.1) is 6.92 Å². The Balaban J connectivity index is 1.36. The van der Waals surface area contributed by atoms with Crippen LogP contribution in [0.25, 0.3) is 0 Å². The van der Waals surface area contributed by atoms with Crippen molar-refractivity contribution in [3.63, 3.8) is 0 Å². The molecule has 4 rings (SSSR count). The molecule has 1 atom stereocenters. The molecule has 1 fully saturated rings. The van der Waals surface area contributed by atoms with Crippen LogP contribution in [0.15, 0.2) is 48.5 Å². The third-order valence-electron chi connectivity index (χ3n) is 5.50. The van der Waals surface area contributed by atoms with E-state index in [0.717, 1.165) is 46.6 Å². The molecule has 3 aromatic rings. The highest BCUT2D eigenvalue weighted by Gasteiger charge is 2.29. The number of para-hydroxylation sites is 1. The Morgan fingerprint density at radius 1 is 1.23 bits per heavy atom. The van der Waals surface area contributed by atoms with Crippen LogP contribution in [0.3, 0.4) is 0 Å². The lowest BCUT2D eigenvalue weighted by molar-refractivity contribution is 0.185. The van der Waals surface area contributed by atoms with Gasteiger partial charge in [0.15, 0.2) is 0 Å². The van der Waals surface area contributed by atoms with Gasteiger partial charge in [-0.05, 0) is 43.2 Å². The average molecular weight is 438 g/mol. The molecule has 1 aliphatic heterocycles. The number of amides is 2. The first-order valence-corrected chi connectivity index (χ1v) is 11.1. The van der Waals surface area contributed by atoms with Crippen LogP contribution in [0.1, 0.15) is 23.9 Å². The van der Waals surface area contributed by atoms with E-state index in [-0.39, 0.29) is 12.1 Å². The van der Waals surface area contributed by atoms with Crippen molar-refractivity contribution >= 4 is 28.4 Å². The molecule has 1 saturated heterocycles. The summed E-state index contributed by atoms with van der Waals surface area (Å²) in [6, 6.07) is 15.8. The van der Waals surface area contributed by atoms with Gasteiger partial charge >= 0.3 is 6.03 Å². The first kappa shape index (κ1) is 21.1. The fourth-order valence-corrected chi connectivity index (χ4v) is 4.46. The minimum absolute atomic E-state index is 0.0579. The Labute approximate surface area is 186 Å². The minimum atomic E-state index is -0.0579. The van der Waals surface area contributed by atoms with Crippen LogP contribution in [-0.4, -0.2) is 53.1 Å². The number of aryl methyl sites for hydroxylation is 1. The van der Waals surface area contributed by atoms with Gasteiger partial charge in [0.2, 0.25) is 5.13 Å². The summed E-state index contributed by atoms with van der Waals surface area (Å²) in [5, 5.41) is 3.94. The predicted molar refractivity (Wildman–Crippen MR) is 124 cm³/mol. The van der Waals surface area contributed by atoms with Crippen molar-refractivity contribution in [1.29, 1.82) is 0 Å². The number of benzene rings is 2. The van der Waals surface area contributed by atoms with Crippen LogP contribution in [-0.2, 0) is 6.42 Å². The van der Waals surface area contributed by atoms with E-state index in [9.17, 15) is 4.79 Å². The lowest BCUT2D eigenvalue weighted by Crippen LogP contribution is -2.55. The van der Waals surface area contributed by atoms with Crippen molar-refractivity contribution in [2.75, 3.05) is 37.0 Å². The number of piperazine rings is 1. The maximum atomic E-state index is 12.8. The van der Waals surface area contributed by atoms with Gasteiger partial charge in [0.05, 0.1) is 7.11 Å². The van der Waals surface area contributed by atoms with E-state index in [1.165, 1.54) is 11.5 Å². The van der Waals surface area contributed by atoms with Gasteiger partial charge in [0, 0.05) is 49.3 Å². The largest absolute Gasteiger partial charge is 0.497 e. The van der Waals surface area contributed by atoms with E-state index >= 15 is 0 Å². The molecule has 1 N–H and O–H groups in total. The third-order valence-corrected chi connectivity index (χ3v) is 6.31. The Morgan fingerprint density at radius 2 is 2.06 bits per heavy atom. The number of carbonyl (C=O) groups is 1. The molecule has 31 heavy (non-hydrogen) atoms. The number of anilines is 2. The summed E-state index contributed by atoms with van der Waals surface area (Å²) < 4.78 is 9.84. The number of carbonyl (C=O) groups excluding carboxylic acids is 1. The van der Waals surface area contributed by atoms with Crippen molar-refractivity contribution in [2.24, 2.45) is 0 Å². The van der Waals surface area contributed by atoms with Gasteiger partial charge in [-0.3, -0.25) is 0 Å². The number of hydrogen-bond acceptors (Lipinski definition) is 6. The van der Waals surface area contributed by atoms with Crippen molar-refractivity contribution in [1.82, 2.24) is 14.3 Å². The molecule has 2 amide bonds. The summed E-state index contributed by atoms with van der Waals surface area (Å²) in [6.07, 6.45) is 0.669. The molecule has 7 nitrogen and oxygen atoms in total. The molecule has 0 radical (unpaired) electrons. The molecule has 0 saturated carbocycles. The SMILES string of the molecule is COc1cccc(Cc2nsc(N3CCN(C(=O)Nc4ccccc4C)C(C)C3)n2)c1. The van der Waals surface area contributed by atoms with Crippen LogP contribution in [0.2, 0.25) is 0 Å². The Bertz CT molecular complexity index is 1050. The van der Waals surface area contributed by atoms with Gasteiger partial charge in [-0.15, -0.1) is 0 Å². The number of aromatic nitrogens is 2. The van der Waals surface area contributed by atoms with Crippen molar-refractivity contribution in [3.05, 3.63) is 65.5 Å². The summed E-state index contributed by atoms with van der Waals surface area (Å²) in [7, 11) is 1.67. The second-order valence-electron chi connectivity index (χ2n) is 7.75. The summed E-state index contributed by atoms with van der Waals surface area (Å²) in [4.78, 5) is 21.6. The van der Waals surface area contributed by atoms with Crippen LogP contribution >= 0.6 is 11.5 Å². The number of rotatable bonds is 5. The van der Waals surface area contributed by atoms with Crippen LogP contribution < -0.4 is 15.0 Å². The second-order valence-corrected chi connectivity index (χ2v) is 8.49. The third kappa shape index (κ3) is 4.96. The summed E-state index contributed by atoms with van der Waals surface area (Å²) in [6.45, 7) is 6.18. The molecule has 162 valence electrons.